The first-order chi connectivity index (χ1) is 9.17. The van der Waals surface area contributed by atoms with Crippen LogP contribution in [0.5, 0.6) is 5.75 Å². The number of sulfonamides is 1. The van der Waals surface area contributed by atoms with Crippen molar-refractivity contribution in [3.63, 3.8) is 0 Å². The number of hydrogen-bond acceptors (Lipinski definition) is 3. The molecule has 0 bridgehead atoms. The molecule has 8 heteroatoms. The zero-order chi connectivity index (χ0) is 15.0. The molecule has 0 aliphatic heterocycles. The number of rotatable bonds is 4. The van der Waals surface area contributed by atoms with Crippen molar-refractivity contribution in [3.8, 4) is 5.75 Å². The van der Waals surface area contributed by atoms with Crippen LogP contribution in [0.2, 0.25) is 0 Å². The molecule has 112 valence electrons. The van der Waals surface area contributed by atoms with Crippen LogP contribution < -0.4 is 9.46 Å². The summed E-state index contributed by atoms with van der Waals surface area (Å²) in [7, 11) is -4.02. The molecule has 0 aromatic heterocycles. The lowest BCUT2D eigenvalue weighted by atomic mass is 9.83. The van der Waals surface area contributed by atoms with Gasteiger partial charge in [-0.15, -0.1) is 13.2 Å². The van der Waals surface area contributed by atoms with Gasteiger partial charge < -0.3 is 4.74 Å². The van der Waals surface area contributed by atoms with Crippen LogP contribution in [0.1, 0.15) is 19.8 Å². The zero-order valence-corrected chi connectivity index (χ0v) is 11.5. The fourth-order valence-corrected chi connectivity index (χ4v) is 3.55. The van der Waals surface area contributed by atoms with E-state index >= 15 is 0 Å². The lowest BCUT2D eigenvalue weighted by molar-refractivity contribution is -0.275. The average Bonchev–Trinajstić information content (AvgIpc) is 2.25. The number of halogens is 3. The van der Waals surface area contributed by atoms with Gasteiger partial charge >= 0.3 is 6.36 Å². The van der Waals surface area contributed by atoms with E-state index in [0.29, 0.717) is 18.8 Å². The van der Waals surface area contributed by atoms with Crippen LogP contribution in [0.3, 0.4) is 0 Å². The van der Waals surface area contributed by atoms with Crippen molar-refractivity contribution < 1.29 is 26.3 Å². The molecular weight excluding hydrogens is 295 g/mol. The smallest absolute Gasteiger partial charge is 0.404 e. The molecule has 0 amide bonds. The van der Waals surface area contributed by atoms with E-state index in [9.17, 15) is 21.6 Å². The Morgan fingerprint density at radius 2 is 1.85 bits per heavy atom. The third-order valence-corrected chi connectivity index (χ3v) is 4.62. The Morgan fingerprint density at radius 1 is 1.25 bits per heavy atom. The van der Waals surface area contributed by atoms with Gasteiger partial charge in [-0.25, -0.2) is 13.1 Å². The summed E-state index contributed by atoms with van der Waals surface area (Å²) in [5, 5.41) is 0. The Balaban J connectivity index is 2.22. The molecule has 1 fully saturated rings. The molecule has 0 heterocycles. The average molecular weight is 309 g/mol. The summed E-state index contributed by atoms with van der Waals surface area (Å²) in [6.45, 7) is 1.98. The number of nitrogens with one attached hydrogen (secondary N) is 1. The molecule has 1 aromatic carbocycles. The van der Waals surface area contributed by atoms with E-state index in [0.717, 1.165) is 12.1 Å². The molecule has 20 heavy (non-hydrogen) atoms. The van der Waals surface area contributed by atoms with E-state index in [-0.39, 0.29) is 6.04 Å². The number of alkyl halides is 3. The van der Waals surface area contributed by atoms with Gasteiger partial charge in [0.05, 0.1) is 0 Å². The number of ether oxygens (including phenoxy) is 1. The van der Waals surface area contributed by atoms with Crippen LogP contribution in [0.25, 0.3) is 0 Å². The highest BCUT2D eigenvalue weighted by atomic mass is 32.2. The Kier molecular flexibility index (Phi) is 3.97. The Labute approximate surface area is 115 Å². The van der Waals surface area contributed by atoms with Gasteiger partial charge in [0, 0.05) is 6.04 Å². The summed E-state index contributed by atoms with van der Waals surface area (Å²) < 4.78 is 67.1. The van der Waals surface area contributed by atoms with Crippen LogP contribution in [-0.4, -0.2) is 20.8 Å². The van der Waals surface area contributed by atoms with E-state index in [1.807, 2.05) is 6.92 Å². The lowest BCUT2D eigenvalue weighted by Gasteiger charge is -2.33. The summed E-state index contributed by atoms with van der Waals surface area (Å²) in [6, 6.07) is 4.47. The van der Waals surface area contributed by atoms with Crippen molar-refractivity contribution in [1.29, 1.82) is 0 Å². The quantitative estimate of drug-likeness (QED) is 0.930. The van der Waals surface area contributed by atoms with E-state index in [1.54, 1.807) is 0 Å². The number of benzene rings is 1. The van der Waals surface area contributed by atoms with Gasteiger partial charge in [0.1, 0.15) is 10.6 Å². The third kappa shape index (κ3) is 3.63. The molecule has 1 aliphatic carbocycles. The van der Waals surface area contributed by atoms with Gasteiger partial charge in [0.15, 0.2) is 0 Å². The Hall–Kier alpha value is -1.28. The molecule has 0 spiro atoms. The van der Waals surface area contributed by atoms with Gasteiger partial charge in [-0.05, 0) is 30.9 Å². The predicted octanol–water partition coefficient (Wildman–Crippen LogP) is 2.66. The van der Waals surface area contributed by atoms with Crippen molar-refractivity contribution in [2.45, 2.75) is 37.1 Å². The highest BCUT2D eigenvalue weighted by molar-refractivity contribution is 7.89. The summed E-state index contributed by atoms with van der Waals surface area (Å²) in [6.07, 6.45) is -3.57. The molecule has 4 nitrogen and oxygen atoms in total. The number of para-hydroxylation sites is 1. The maximum Gasteiger partial charge on any atom is 0.573 e. The van der Waals surface area contributed by atoms with Crippen molar-refractivity contribution in [2.24, 2.45) is 5.92 Å². The maximum absolute atomic E-state index is 12.3. The van der Waals surface area contributed by atoms with Crippen molar-refractivity contribution in [1.82, 2.24) is 4.72 Å². The van der Waals surface area contributed by atoms with Gasteiger partial charge in [0.2, 0.25) is 10.0 Å². The lowest BCUT2D eigenvalue weighted by Crippen LogP contribution is -2.43. The van der Waals surface area contributed by atoms with Gasteiger partial charge in [-0.2, -0.15) is 0 Å². The molecular formula is C12H14F3NO3S. The van der Waals surface area contributed by atoms with Crippen molar-refractivity contribution in [3.05, 3.63) is 24.3 Å². The topological polar surface area (TPSA) is 55.4 Å². The maximum atomic E-state index is 12.3. The minimum Gasteiger partial charge on any atom is -0.404 e. The van der Waals surface area contributed by atoms with Crippen LogP contribution in [-0.2, 0) is 10.0 Å². The largest absolute Gasteiger partial charge is 0.573 e. The second kappa shape index (κ2) is 5.25. The monoisotopic (exact) mass is 309 g/mol. The van der Waals surface area contributed by atoms with E-state index in [1.165, 1.54) is 12.1 Å². The first-order valence-electron chi connectivity index (χ1n) is 6.04. The summed E-state index contributed by atoms with van der Waals surface area (Å²) in [5.41, 5.74) is 0. The minimum absolute atomic E-state index is 0.228. The zero-order valence-electron chi connectivity index (χ0n) is 10.6. The van der Waals surface area contributed by atoms with Gasteiger partial charge in [-0.3, -0.25) is 0 Å². The summed E-state index contributed by atoms with van der Waals surface area (Å²) in [5.74, 6) is -0.302. The fourth-order valence-electron chi connectivity index (χ4n) is 2.16. The van der Waals surface area contributed by atoms with Crippen LogP contribution in [0.15, 0.2) is 29.2 Å². The van der Waals surface area contributed by atoms with Gasteiger partial charge in [-0.1, -0.05) is 19.1 Å². The normalized spacial score (nSPS) is 23.2. The predicted molar refractivity (Wildman–Crippen MR) is 65.6 cm³/mol. The second-order valence-electron chi connectivity index (χ2n) is 4.89. The van der Waals surface area contributed by atoms with Gasteiger partial charge in [0.25, 0.3) is 0 Å². The summed E-state index contributed by atoms with van der Waals surface area (Å²) >= 11 is 0. The molecule has 0 unspecified atom stereocenters. The second-order valence-corrected chi connectivity index (χ2v) is 6.57. The fraction of sp³-hybridized carbons (Fsp3) is 0.500. The van der Waals surface area contributed by atoms with E-state index < -0.39 is 27.0 Å². The Morgan fingerprint density at radius 3 is 2.40 bits per heavy atom. The van der Waals surface area contributed by atoms with Crippen LogP contribution in [0, 0.1) is 5.92 Å². The first-order valence-corrected chi connectivity index (χ1v) is 7.53. The van der Waals surface area contributed by atoms with E-state index in [2.05, 4.69) is 9.46 Å². The van der Waals surface area contributed by atoms with Crippen LogP contribution >= 0.6 is 0 Å². The molecule has 2 rings (SSSR count). The van der Waals surface area contributed by atoms with Crippen molar-refractivity contribution in [2.75, 3.05) is 0 Å². The summed E-state index contributed by atoms with van der Waals surface area (Å²) in [4.78, 5) is -0.503. The third-order valence-electron chi connectivity index (χ3n) is 3.06. The molecule has 0 saturated heterocycles. The first kappa shape index (κ1) is 15.1. The van der Waals surface area contributed by atoms with Crippen LogP contribution in [0.4, 0.5) is 13.2 Å². The molecule has 1 aliphatic rings. The molecule has 0 radical (unpaired) electrons. The minimum atomic E-state index is -4.93. The highest BCUT2D eigenvalue weighted by Crippen LogP contribution is 2.32. The molecule has 1 aromatic rings. The molecule has 1 saturated carbocycles. The molecule has 0 atom stereocenters. The van der Waals surface area contributed by atoms with Crippen molar-refractivity contribution >= 4 is 10.0 Å². The molecule has 1 N–H and O–H groups in total. The SMILES string of the molecule is CC1CC(NS(=O)(=O)c2ccccc2OC(F)(F)F)C1. The Bertz CT molecular complexity index is 580. The van der Waals surface area contributed by atoms with E-state index in [4.69, 9.17) is 0 Å². The number of hydrogen-bond donors (Lipinski definition) is 1. The highest BCUT2D eigenvalue weighted by Gasteiger charge is 2.35. The standard InChI is InChI=1S/C12H14F3NO3S/c1-8-6-9(7-8)16-20(17,18)11-5-3-2-4-10(11)19-12(13,14)15/h2-5,8-9,16H,6-7H2,1H3.